The average molecular weight is 790 g/mol. The molecule has 0 aliphatic rings. The number of nitrogens with zero attached hydrogens (tertiary/aromatic N) is 1. The zero-order chi connectivity index (χ0) is 41.0. The Morgan fingerprint density at radius 2 is 0.758 bits per heavy atom. The third-order valence-corrected chi connectivity index (χ3v) is 12.4. The Hall–Kier alpha value is -8.20. The van der Waals surface area contributed by atoms with E-state index in [1.807, 2.05) is 0 Å². The minimum absolute atomic E-state index is 0.887. The Balaban J connectivity index is 0.982. The molecule has 12 rings (SSSR count). The van der Waals surface area contributed by atoms with Gasteiger partial charge in [-0.05, 0) is 132 Å². The highest BCUT2D eigenvalue weighted by molar-refractivity contribution is 6.14. The topological polar surface area (TPSA) is 16.4 Å². The van der Waals surface area contributed by atoms with Crippen molar-refractivity contribution >= 4 is 71.3 Å². The first-order chi connectivity index (χ1) is 30.7. The van der Waals surface area contributed by atoms with Crippen LogP contribution in [-0.2, 0) is 0 Å². The minimum Gasteiger partial charge on any atom is -0.456 e. The van der Waals surface area contributed by atoms with Crippen molar-refractivity contribution in [3.8, 4) is 44.5 Å². The van der Waals surface area contributed by atoms with E-state index < -0.39 is 0 Å². The van der Waals surface area contributed by atoms with Crippen molar-refractivity contribution in [2.75, 3.05) is 4.90 Å². The summed E-state index contributed by atoms with van der Waals surface area (Å²) in [6, 6.07) is 85.5. The lowest BCUT2D eigenvalue weighted by atomic mass is 9.93. The van der Waals surface area contributed by atoms with Crippen LogP contribution in [0.4, 0.5) is 17.1 Å². The molecular formula is C60H39NO. The number of fused-ring (bicyclic) bond motifs is 7. The van der Waals surface area contributed by atoms with Crippen molar-refractivity contribution in [3.05, 3.63) is 237 Å². The number of para-hydroxylation sites is 1. The Labute approximate surface area is 360 Å². The molecule has 0 saturated carbocycles. The molecule has 2 nitrogen and oxygen atoms in total. The molecule has 0 bridgehead atoms. The lowest BCUT2D eigenvalue weighted by Crippen LogP contribution is -2.11. The third kappa shape index (κ3) is 6.20. The van der Waals surface area contributed by atoms with Gasteiger partial charge in [0.2, 0.25) is 0 Å². The molecule has 0 aliphatic heterocycles. The van der Waals surface area contributed by atoms with Gasteiger partial charge in [0.15, 0.2) is 0 Å². The quantitative estimate of drug-likeness (QED) is 0.150. The van der Waals surface area contributed by atoms with E-state index in [1.54, 1.807) is 0 Å². The van der Waals surface area contributed by atoms with Crippen LogP contribution in [0, 0.1) is 0 Å². The Morgan fingerprint density at radius 3 is 1.47 bits per heavy atom. The standard InChI is InChI=1S/C60H39NO/c1-2-12-40(13-3-1)41-22-24-42(25-23-41)43-26-31-49(32-27-43)61(50-33-28-44(29-34-50)55-37-47-16-6-7-17-51(47)53-19-8-9-20-54(53)55)58-21-11-10-18-52(58)48-30-35-59-56(38-48)57-36-45-14-4-5-15-46(45)39-60(57)62-59/h1-39H. The van der Waals surface area contributed by atoms with Gasteiger partial charge < -0.3 is 9.32 Å². The van der Waals surface area contributed by atoms with Crippen LogP contribution in [0.5, 0.6) is 0 Å². The van der Waals surface area contributed by atoms with Gasteiger partial charge in [-0.1, -0.05) is 176 Å². The molecule has 1 aromatic heterocycles. The van der Waals surface area contributed by atoms with Crippen LogP contribution >= 0.6 is 0 Å². The maximum absolute atomic E-state index is 6.43. The van der Waals surface area contributed by atoms with Gasteiger partial charge in [0, 0.05) is 27.7 Å². The van der Waals surface area contributed by atoms with Gasteiger partial charge in [-0.25, -0.2) is 0 Å². The fraction of sp³-hybridized carbons (Fsp3) is 0. The number of benzene rings is 11. The summed E-state index contributed by atoms with van der Waals surface area (Å²) in [5, 5.41) is 9.65. The van der Waals surface area contributed by atoms with Gasteiger partial charge in [-0.15, -0.1) is 0 Å². The van der Waals surface area contributed by atoms with Crippen LogP contribution in [0.25, 0.3) is 98.8 Å². The number of furan rings is 1. The molecule has 11 aromatic carbocycles. The molecule has 12 aromatic rings. The van der Waals surface area contributed by atoms with Crippen LogP contribution in [0.3, 0.4) is 0 Å². The second-order valence-electron chi connectivity index (χ2n) is 16.1. The van der Waals surface area contributed by atoms with Crippen molar-refractivity contribution in [1.29, 1.82) is 0 Å². The first-order valence-corrected chi connectivity index (χ1v) is 21.2. The molecule has 0 aliphatic carbocycles. The smallest absolute Gasteiger partial charge is 0.136 e. The van der Waals surface area contributed by atoms with Crippen molar-refractivity contribution in [2.24, 2.45) is 0 Å². The minimum atomic E-state index is 0.887. The van der Waals surface area contributed by atoms with E-state index in [4.69, 9.17) is 4.42 Å². The molecule has 1 heterocycles. The normalized spacial score (nSPS) is 11.5. The zero-order valence-corrected chi connectivity index (χ0v) is 33.9. The fourth-order valence-corrected chi connectivity index (χ4v) is 9.34. The van der Waals surface area contributed by atoms with Crippen molar-refractivity contribution in [1.82, 2.24) is 0 Å². The van der Waals surface area contributed by atoms with Gasteiger partial charge in [0.1, 0.15) is 11.2 Å². The highest BCUT2D eigenvalue weighted by Crippen LogP contribution is 2.44. The third-order valence-electron chi connectivity index (χ3n) is 12.4. The molecule has 0 radical (unpaired) electrons. The lowest BCUT2D eigenvalue weighted by molar-refractivity contribution is 0.669. The van der Waals surface area contributed by atoms with Crippen LogP contribution in [0.15, 0.2) is 241 Å². The van der Waals surface area contributed by atoms with Gasteiger partial charge >= 0.3 is 0 Å². The predicted molar refractivity (Wildman–Crippen MR) is 263 cm³/mol. The summed E-state index contributed by atoms with van der Waals surface area (Å²) in [5.74, 6) is 0. The summed E-state index contributed by atoms with van der Waals surface area (Å²) in [4.78, 5) is 2.39. The van der Waals surface area contributed by atoms with E-state index in [-0.39, 0.29) is 0 Å². The Morgan fingerprint density at radius 1 is 0.258 bits per heavy atom. The molecule has 0 N–H and O–H groups in total. The summed E-state index contributed by atoms with van der Waals surface area (Å²) in [6.07, 6.45) is 0. The highest BCUT2D eigenvalue weighted by atomic mass is 16.3. The van der Waals surface area contributed by atoms with Gasteiger partial charge in [0.25, 0.3) is 0 Å². The van der Waals surface area contributed by atoms with E-state index in [0.717, 1.165) is 50.1 Å². The van der Waals surface area contributed by atoms with E-state index >= 15 is 0 Å². The first-order valence-electron chi connectivity index (χ1n) is 21.2. The van der Waals surface area contributed by atoms with Crippen molar-refractivity contribution in [2.45, 2.75) is 0 Å². The lowest BCUT2D eigenvalue weighted by Gasteiger charge is -2.28. The predicted octanol–water partition coefficient (Wildman–Crippen LogP) is 17.2. The van der Waals surface area contributed by atoms with Gasteiger partial charge in [0.05, 0.1) is 5.69 Å². The molecule has 62 heavy (non-hydrogen) atoms. The van der Waals surface area contributed by atoms with Crippen LogP contribution in [0.1, 0.15) is 0 Å². The zero-order valence-electron chi connectivity index (χ0n) is 33.9. The molecule has 0 atom stereocenters. The number of anilines is 3. The first kappa shape index (κ1) is 35.7. The van der Waals surface area contributed by atoms with E-state index in [0.29, 0.717) is 0 Å². The maximum atomic E-state index is 6.43. The summed E-state index contributed by atoms with van der Waals surface area (Å²) in [5.41, 5.74) is 14.5. The number of hydrogen-bond acceptors (Lipinski definition) is 2. The van der Waals surface area contributed by atoms with E-state index in [1.165, 1.54) is 65.7 Å². The second-order valence-corrected chi connectivity index (χ2v) is 16.1. The largest absolute Gasteiger partial charge is 0.456 e. The summed E-state index contributed by atoms with van der Waals surface area (Å²) in [7, 11) is 0. The van der Waals surface area contributed by atoms with E-state index in [2.05, 4.69) is 241 Å². The highest BCUT2D eigenvalue weighted by Gasteiger charge is 2.19. The Kier molecular flexibility index (Phi) is 8.53. The Bertz CT molecular complexity index is 3600. The van der Waals surface area contributed by atoms with Crippen molar-refractivity contribution < 1.29 is 4.42 Å². The molecular weight excluding hydrogens is 751 g/mol. The van der Waals surface area contributed by atoms with Crippen LogP contribution < -0.4 is 4.90 Å². The fourth-order valence-electron chi connectivity index (χ4n) is 9.34. The summed E-state index contributed by atoms with van der Waals surface area (Å²) in [6.45, 7) is 0. The van der Waals surface area contributed by atoms with Gasteiger partial charge in [-0.3, -0.25) is 0 Å². The molecule has 0 unspecified atom stereocenters. The average Bonchev–Trinajstić information content (AvgIpc) is 3.70. The van der Waals surface area contributed by atoms with Crippen molar-refractivity contribution in [3.63, 3.8) is 0 Å². The van der Waals surface area contributed by atoms with E-state index in [9.17, 15) is 0 Å². The summed E-state index contributed by atoms with van der Waals surface area (Å²) < 4.78 is 6.43. The van der Waals surface area contributed by atoms with Gasteiger partial charge in [-0.2, -0.15) is 0 Å². The molecule has 0 amide bonds. The van der Waals surface area contributed by atoms with Crippen LogP contribution in [-0.4, -0.2) is 0 Å². The molecule has 0 saturated heterocycles. The monoisotopic (exact) mass is 789 g/mol. The summed E-state index contributed by atoms with van der Waals surface area (Å²) >= 11 is 0. The second kappa shape index (κ2) is 14.8. The van der Waals surface area contributed by atoms with Crippen LogP contribution in [0.2, 0.25) is 0 Å². The molecule has 0 spiro atoms. The maximum Gasteiger partial charge on any atom is 0.136 e. The molecule has 290 valence electrons. The molecule has 2 heteroatoms. The molecule has 0 fully saturated rings. The SMILES string of the molecule is c1ccc(-c2ccc(-c3ccc(N(c4ccc(-c5cc6ccccc6c6ccccc56)cc4)c4ccccc4-c4ccc5oc6cc7ccccc7cc6c5c4)cc3)cc2)cc1. The number of hydrogen-bond donors (Lipinski definition) is 0. The number of rotatable bonds is 7.